The Labute approximate surface area is 125 Å². The molecule has 0 aliphatic rings. The van der Waals surface area contributed by atoms with Crippen LogP contribution in [0.2, 0.25) is 0 Å². The number of hydrogen-bond donors (Lipinski definition) is 1. The van der Waals surface area contributed by atoms with Crippen molar-refractivity contribution in [2.45, 2.75) is 51.9 Å². The molecule has 0 atom stereocenters. The number of halogens is 1. The molecule has 0 unspecified atom stereocenters. The Kier molecular flexibility index (Phi) is 5.78. The van der Waals surface area contributed by atoms with E-state index < -0.39 is 0 Å². The van der Waals surface area contributed by atoms with Crippen LogP contribution in [0.4, 0.5) is 10.2 Å². The molecule has 0 saturated heterocycles. The van der Waals surface area contributed by atoms with E-state index in [4.69, 9.17) is 10.3 Å². The molecule has 0 radical (unpaired) electrons. The van der Waals surface area contributed by atoms with E-state index in [0.717, 1.165) is 19.3 Å². The lowest BCUT2D eigenvalue weighted by molar-refractivity contribution is 0.381. The van der Waals surface area contributed by atoms with Crippen LogP contribution in [0, 0.1) is 5.82 Å². The van der Waals surface area contributed by atoms with Gasteiger partial charge in [0.25, 0.3) is 0 Å². The molecule has 0 fully saturated rings. The van der Waals surface area contributed by atoms with Crippen molar-refractivity contribution >= 4 is 5.82 Å². The number of aromatic nitrogens is 1. The third-order valence-corrected chi connectivity index (χ3v) is 3.69. The smallest absolute Gasteiger partial charge is 0.175 e. The third-order valence-electron chi connectivity index (χ3n) is 3.69. The minimum absolute atomic E-state index is 0.265. The van der Waals surface area contributed by atoms with Crippen LogP contribution in [-0.2, 0) is 6.42 Å². The molecule has 1 aromatic carbocycles. The van der Waals surface area contributed by atoms with Gasteiger partial charge in [-0.1, -0.05) is 62.4 Å². The number of hydrogen-bond acceptors (Lipinski definition) is 3. The molecule has 0 spiro atoms. The lowest BCUT2D eigenvalue weighted by atomic mass is 10.0. The summed E-state index contributed by atoms with van der Waals surface area (Å²) >= 11 is 0. The standard InChI is InChI=1S/C17H23FN2O/c1-2-3-4-5-6-7-12-15-16(17(19)20-21-15)13-10-8-9-11-14(13)18/h8-11H,2-7,12H2,1H3,(H2,19,20). The Balaban J connectivity index is 2.00. The van der Waals surface area contributed by atoms with E-state index in [1.807, 2.05) is 0 Å². The van der Waals surface area contributed by atoms with E-state index in [1.54, 1.807) is 18.2 Å². The molecule has 2 N–H and O–H groups in total. The number of nitrogens with zero attached hydrogens (tertiary/aromatic N) is 1. The van der Waals surface area contributed by atoms with Crippen molar-refractivity contribution in [1.29, 1.82) is 0 Å². The molecular formula is C17H23FN2O. The monoisotopic (exact) mass is 290 g/mol. The molecule has 21 heavy (non-hydrogen) atoms. The van der Waals surface area contributed by atoms with Crippen LogP contribution in [0.25, 0.3) is 11.1 Å². The number of anilines is 1. The first kappa shape index (κ1) is 15.5. The number of rotatable bonds is 8. The van der Waals surface area contributed by atoms with E-state index in [0.29, 0.717) is 16.9 Å². The summed E-state index contributed by atoms with van der Waals surface area (Å²) < 4.78 is 19.2. The maximum absolute atomic E-state index is 13.9. The summed E-state index contributed by atoms with van der Waals surface area (Å²) in [7, 11) is 0. The molecule has 1 heterocycles. The second-order valence-corrected chi connectivity index (χ2v) is 5.36. The van der Waals surface area contributed by atoms with E-state index in [1.165, 1.54) is 31.7 Å². The average molecular weight is 290 g/mol. The van der Waals surface area contributed by atoms with Gasteiger partial charge in [0.15, 0.2) is 5.82 Å². The Hall–Kier alpha value is -1.84. The molecule has 0 bridgehead atoms. The topological polar surface area (TPSA) is 52.0 Å². The number of nitrogen functional groups attached to an aromatic ring is 1. The molecule has 0 aliphatic carbocycles. The lowest BCUT2D eigenvalue weighted by Crippen LogP contribution is -1.93. The van der Waals surface area contributed by atoms with Gasteiger partial charge in [0, 0.05) is 12.0 Å². The van der Waals surface area contributed by atoms with Gasteiger partial charge in [-0.2, -0.15) is 0 Å². The van der Waals surface area contributed by atoms with Crippen LogP contribution in [-0.4, -0.2) is 5.16 Å². The zero-order valence-electron chi connectivity index (χ0n) is 12.6. The molecule has 2 aromatic rings. The maximum atomic E-state index is 13.9. The van der Waals surface area contributed by atoms with Crippen LogP contribution in [0.15, 0.2) is 28.8 Å². The first-order valence-corrected chi connectivity index (χ1v) is 7.73. The van der Waals surface area contributed by atoms with Gasteiger partial charge in [0.1, 0.15) is 11.6 Å². The molecule has 3 nitrogen and oxygen atoms in total. The predicted molar refractivity (Wildman–Crippen MR) is 83.4 cm³/mol. The van der Waals surface area contributed by atoms with Crippen molar-refractivity contribution in [1.82, 2.24) is 5.16 Å². The quantitative estimate of drug-likeness (QED) is 0.699. The van der Waals surface area contributed by atoms with Crippen LogP contribution in [0.5, 0.6) is 0 Å². The van der Waals surface area contributed by atoms with E-state index >= 15 is 0 Å². The van der Waals surface area contributed by atoms with Gasteiger partial charge in [-0.05, 0) is 12.5 Å². The number of unbranched alkanes of at least 4 members (excludes halogenated alkanes) is 5. The SMILES string of the molecule is CCCCCCCCc1onc(N)c1-c1ccccc1F. The number of aryl methyl sites for hydroxylation is 1. The summed E-state index contributed by atoms with van der Waals surface area (Å²) in [6.45, 7) is 2.21. The second kappa shape index (κ2) is 7.81. The Bertz CT molecular complexity index is 566. The van der Waals surface area contributed by atoms with Crippen LogP contribution >= 0.6 is 0 Å². The van der Waals surface area contributed by atoms with E-state index in [9.17, 15) is 4.39 Å². The normalized spacial score (nSPS) is 11.0. The molecule has 0 saturated carbocycles. The summed E-state index contributed by atoms with van der Waals surface area (Å²) in [4.78, 5) is 0. The van der Waals surface area contributed by atoms with Crippen LogP contribution < -0.4 is 5.73 Å². The van der Waals surface area contributed by atoms with Crippen molar-refractivity contribution in [3.05, 3.63) is 35.8 Å². The number of nitrogens with two attached hydrogens (primary N) is 1. The largest absolute Gasteiger partial charge is 0.380 e. The predicted octanol–water partition coefficient (Wildman–Crippen LogP) is 4.97. The van der Waals surface area contributed by atoms with Gasteiger partial charge < -0.3 is 10.3 Å². The van der Waals surface area contributed by atoms with Crippen molar-refractivity contribution in [3.8, 4) is 11.1 Å². The fraction of sp³-hybridized carbons (Fsp3) is 0.471. The second-order valence-electron chi connectivity index (χ2n) is 5.36. The molecule has 4 heteroatoms. The molecular weight excluding hydrogens is 267 g/mol. The van der Waals surface area contributed by atoms with Crippen LogP contribution in [0.3, 0.4) is 0 Å². The zero-order chi connectivity index (χ0) is 15.1. The molecule has 1 aromatic heterocycles. The Morgan fingerprint density at radius 2 is 1.81 bits per heavy atom. The van der Waals surface area contributed by atoms with Crippen molar-refractivity contribution in [3.63, 3.8) is 0 Å². The van der Waals surface area contributed by atoms with Gasteiger partial charge in [-0.3, -0.25) is 0 Å². The van der Waals surface area contributed by atoms with Crippen molar-refractivity contribution in [2.24, 2.45) is 0 Å². The molecule has 2 rings (SSSR count). The lowest BCUT2D eigenvalue weighted by Gasteiger charge is -2.04. The highest BCUT2D eigenvalue weighted by Gasteiger charge is 2.18. The van der Waals surface area contributed by atoms with Crippen molar-refractivity contribution < 1.29 is 8.91 Å². The molecule has 0 aliphatic heterocycles. The van der Waals surface area contributed by atoms with Gasteiger partial charge in [0.2, 0.25) is 0 Å². The summed E-state index contributed by atoms with van der Waals surface area (Å²) in [5, 5.41) is 3.80. The fourth-order valence-electron chi connectivity index (χ4n) is 2.53. The Morgan fingerprint density at radius 3 is 2.57 bits per heavy atom. The Morgan fingerprint density at radius 1 is 1.10 bits per heavy atom. The van der Waals surface area contributed by atoms with Crippen LogP contribution in [0.1, 0.15) is 51.2 Å². The molecule has 114 valence electrons. The van der Waals surface area contributed by atoms with E-state index in [-0.39, 0.29) is 11.6 Å². The minimum atomic E-state index is -0.295. The highest BCUT2D eigenvalue weighted by Crippen LogP contribution is 2.32. The summed E-state index contributed by atoms with van der Waals surface area (Å²) in [5.41, 5.74) is 6.92. The maximum Gasteiger partial charge on any atom is 0.175 e. The summed E-state index contributed by atoms with van der Waals surface area (Å²) in [6.07, 6.45) is 7.95. The fourth-order valence-corrected chi connectivity index (χ4v) is 2.53. The first-order chi connectivity index (χ1) is 10.2. The van der Waals surface area contributed by atoms with E-state index in [2.05, 4.69) is 12.1 Å². The first-order valence-electron chi connectivity index (χ1n) is 7.73. The summed E-state index contributed by atoms with van der Waals surface area (Å²) in [5.74, 6) is 0.658. The minimum Gasteiger partial charge on any atom is -0.380 e. The summed E-state index contributed by atoms with van der Waals surface area (Å²) in [6, 6.07) is 6.59. The number of benzene rings is 1. The van der Waals surface area contributed by atoms with Gasteiger partial charge in [-0.25, -0.2) is 4.39 Å². The average Bonchev–Trinajstić information content (AvgIpc) is 2.84. The zero-order valence-corrected chi connectivity index (χ0v) is 12.6. The van der Waals surface area contributed by atoms with Gasteiger partial charge in [0.05, 0.1) is 5.56 Å². The van der Waals surface area contributed by atoms with Gasteiger partial charge in [-0.15, -0.1) is 0 Å². The highest BCUT2D eigenvalue weighted by molar-refractivity contribution is 5.75. The molecule has 0 amide bonds. The van der Waals surface area contributed by atoms with Crippen molar-refractivity contribution in [2.75, 3.05) is 5.73 Å². The third kappa shape index (κ3) is 4.06. The van der Waals surface area contributed by atoms with Gasteiger partial charge >= 0.3 is 0 Å². The highest BCUT2D eigenvalue weighted by atomic mass is 19.1.